The fraction of sp³-hybridized carbons (Fsp3) is 0.188. The third-order valence-corrected chi connectivity index (χ3v) is 5.57. The Hall–Kier alpha value is -1.65. The number of hydrogen-bond acceptors (Lipinski definition) is 3. The first kappa shape index (κ1) is 12.1. The van der Waals surface area contributed by atoms with Crippen LogP contribution in [0.5, 0.6) is 0 Å². The second kappa shape index (κ2) is 4.72. The van der Waals surface area contributed by atoms with Crippen LogP contribution in [-0.2, 0) is 0 Å². The molecule has 1 aliphatic carbocycles. The van der Waals surface area contributed by atoms with Gasteiger partial charge in [0.05, 0.1) is 4.88 Å². The first-order valence-corrected chi connectivity index (χ1v) is 8.38. The molecule has 0 aliphatic heterocycles. The fourth-order valence-electron chi connectivity index (χ4n) is 2.26. The summed E-state index contributed by atoms with van der Waals surface area (Å²) in [6.07, 6.45) is 2.25. The Kier molecular flexibility index (Phi) is 2.86. The molecule has 1 aliphatic rings. The zero-order chi connectivity index (χ0) is 13.5. The van der Waals surface area contributed by atoms with Gasteiger partial charge in [-0.05, 0) is 31.0 Å². The van der Waals surface area contributed by atoms with Gasteiger partial charge in [-0.2, -0.15) is 0 Å². The number of carbonyl (C=O) groups excluding carboxylic acids is 1. The lowest BCUT2D eigenvalue weighted by molar-refractivity contribution is 0.0955. The number of fused-ring (bicyclic) bond motifs is 1. The molecule has 0 bridgehead atoms. The first-order chi connectivity index (χ1) is 9.81. The molecule has 1 fully saturated rings. The minimum Gasteiger partial charge on any atom is -0.349 e. The van der Waals surface area contributed by atoms with Gasteiger partial charge in [-0.15, -0.1) is 22.7 Å². The summed E-state index contributed by atoms with van der Waals surface area (Å²) in [5, 5.41) is 6.49. The molecule has 0 saturated heterocycles. The number of benzene rings is 1. The molecule has 2 nitrogen and oxygen atoms in total. The SMILES string of the molecule is O=C(NC1CC1)c1ccc(-c2csc3ccccc23)s1. The van der Waals surface area contributed by atoms with Gasteiger partial charge in [0, 0.05) is 31.9 Å². The van der Waals surface area contributed by atoms with Crippen LogP contribution in [0, 0.1) is 0 Å². The largest absolute Gasteiger partial charge is 0.349 e. The predicted octanol–water partition coefficient (Wildman–Crippen LogP) is 4.52. The molecule has 4 heteroatoms. The highest BCUT2D eigenvalue weighted by molar-refractivity contribution is 7.20. The minimum absolute atomic E-state index is 0.0725. The average Bonchev–Trinajstić information content (AvgIpc) is 3.01. The van der Waals surface area contributed by atoms with Gasteiger partial charge < -0.3 is 5.32 Å². The zero-order valence-corrected chi connectivity index (χ0v) is 12.4. The Morgan fingerprint density at radius 1 is 1.15 bits per heavy atom. The van der Waals surface area contributed by atoms with E-state index in [2.05, 4.69) is 41.0 Å². The lowest BCUT2D eigenvalue weighted by atomic mass is 10.1. The van der Waals surface area contributed by atoms with Crippen LogP contribution in [0.3, 0.4) is 0 Å². The molecule has 0 atom stereocenters. The average molecular weight is 299 g/mol. The van der Waals surface area contributed by atoms with Crippen molar-refractivity contribution in [2.75, 3.05) is 0 Å². The van der Waals surface area contributed by atoms with E-state index in [9.17, 15) is 4.79 Å². The first-order valence-electron chi connectivity index (χ1n) is 6.68. The predicted molar refractivity (Wildman–Crippen MR) is 85.6 cm³/mol. The maximum absolute atomic E-state index is 12.0. The van der Waals surface area contributed by atoms with E-state index in [-0.39, 0.29) is 5.91 Å². The fourth-order valence-corrected chi connectivity index (χ4v) is 4.23. The Morgan fingerprint density at radius 2 is 2.00 bits per heavy atom. The molecule has 1 aromatic carbocycles. The van der Waals surface area contributed by atoms with Crippen LogP contribution in [-0.4, -0.2) is 11.9 Å². The minimum atomic E-state index is 0.0725. The van der Waals surface area contributed by atoms with Crippen LogP contribution in [0.25, 0.3) is 20.5 Å². The van der Waals surface area contributed by atoms with Gasteiger partial charge in [-0.1, -0.05) is 18.2 Å². The molecule has 20 heavy (non-hydrogen) atoms. The monoisotopic (exact) mass is 299 g/mol. The van der Waals surface area contributed by atoms with Crippen LogP contribution in [0.2, 0.25) is 0 Å². The third-order valence-electron chi connectivity index (χ3n) is 3.49. The normalized spacial score (nSPS) is 14.6. The Bertz CT molecular complexity index is 782. The zero-order valence-electron chi connectivity index (χ0n) is 10.8. The van der Waals surface area contributed by atoms with Gasteiger partial charge in [0.1, 0.15) is 0 Å². The van der Waals surface area contributed by atoms with E-state index in [1.807, 2.05) is 6.07 Å². The number of rotatable bonds is 3. The molecule has 1 N–H and O–H groups in total. The topological polar surface area (TPSA) is 29.1 Å². The van der Waals surface area contributed by atoms with Crippen molar-refractivity contribution in [1.82, 2.24) is 5.32 Å². The molecule has 2 heterocycles. The van der Waals surface area contributed by atoms with Crippen molar-refractivity contribution in [3.05, 3.63) is 46.7 Å². The quantitative estimate of drug-likeness (QED) is 0.757. The summed E-state index contributed by atoms with van der Waals surface area (Å²) in [7, 11) is 0. The Balaban J connectivity index is 1.68. The maximum atomic E-state index is 12.0. The van der Waals surface area contributed by atoms with E-state index in [0.29, 0.717) is 6.04 Å². The van der Waals surface area contributed by atoms with Crippen molar-refractivity contribution < 1.29 is 4.79 Å². The van der Waals surface area contributed by atoms with Crippen molar-refractivity contribution in [2.45, 2.75) is 18.9 Å². The van der Waals surface area contributed by atoms with Crippen LogP contribution < -0.4 is 5.32 Å². The lowest BCUT2D eigenvalue weighted by Gasteiger charge is -1.99. The van der Waals surface area contributed by atoms with Crippen molar-refractivity contribution in [3.8, 4) is 10.4 Å². The van der Waals surface area contributed by atoms with E-state index < -0.39 is 0 Å². The van der Waals surface area contributed by atoms with Gasteiger partial charge in [0.2, 0.25) is 0 Å². The number of hydrogen-bond donors (Lipinski definition) is 1. The molecule has 0 spiro atoms. The summed E-state index contributed by atoms with van der Waals surface area (Å²) in [5.41, 5.74) is 1.24. The highest BCUT2D eigenvalue weighted by atomic mass is 32.1. The molecular weight excluding hydrogens is 286 g/mol. The number of carbonyl (C=O) groups is 1. The molecule has 4 rings (SSSR count). The van der Waals surface area contributed by atoms with Crippen molar-refractivity contribution in [2.24, 2.45) is 0 Å². The van der Waals surface area contributed by atoms with Crippen molar-refractivity contribution in [1.29, 1.82) is 0 Å². The summed E-state index contributed by atoms with van der Waals surface area (Å²) in [5.74, 6) is 0.0725. The van der Waals surface area contributed by atoms with Gasteiger partial charge in [0.15, 0.2) is 0 Å². The van der Waals surface area contributed by atoms with Gasteiger partial charge in [-0.25, -0.2) is 0 Å². The van der Waals surface area contributed by atoms with Gasteiger partial charge in [0.25, 0.3) is 5.91 Å². The smallest absolute Gasteiger partial charge is 0.261 e. The van der Waals surface area contributed by atoms with Crippen molar-refractivity contribution in [3.63, 3.8) is 0 Å². The van der Waals surface area contributed by atoms with Crippen LogP contribution in [0.1, 0.15) is 22.5 Å². The number of thiophene rings is 2. The number of nitrogens with one attached hydrogen (secondary N) is 1. The Labute approximate surface area is 125 Å². The second-order valence-electron chi connectivity index (χ2n) is 5.06. The van der Waals surface area contributed by atoms with Gasteiger partial charge >= 0.3 is 0 Å². The van der Waals surface area contributed by atoms with Crippen LogP contribution in [0.4, 0.5) is 0 Å². The second-order valence-corrected chi connectivity index (χ2v) is 7.05. The molecule has 0 radical (unpaired) electrons. The van der Waals surface area contributed by atoms with E-state index in [1.54, 1.807) is 22.7 Å². The molecule has 2 aromatic heterocycles. The number of amides is 1. The molecule has 0 unspecified atom stereocenters. The van der Waals surface area contributed by atoms with Gasteiger partial charge in [-0.3, -0.25) is 4.79 Å². The van der Waals surface area contributed by atoms with E-state index in [0.717, 1.165) is 17.7 Å². The summed E-state index contributed by atoms with van der Waals surface area (Å²) in [6.45, 7) is 0. The highest BCUT2D eigenvalue weighted by Crippen LogP contribution is 2.37. The third kappa shape index (κ3) is 2.15. The molecule has 1 amide bonds. The van der Waals surface area contributed by atoms with E-state index >= 15 is 0 Å². The van der Waals surface area contributed by atoms with Crippen molar-refractivity contribution >= 4 is 38.7 Å². The summed E-state index contributed by atoms with van der Waals surface area (Å²) < 4.78 is 1.29. The molecular formula is C16H13NOS2. The highest BCUT2D eigenvalue weighted by Gasteiger charge is 2.24. The molecule has 1 saturated carbocycles. The summed E-state index contributed by atoms with van der Waals surface area (Å²) >= 11 is 3.33. The van der Waals surface area contributed by atoms with E-state index in [1.165, 1.54) is 20.5 Å². The Morgan fingerprint density at radius 3 is 2.85 bits per heavy atom. The standard InChI is InChI=1S/C16H13NOS2/c18-16(17-10-5-6-10)15-8-7-14(20-15)12-9-19-13-4-2-1-3-11(12)13/h1-4,7-10H,5-6H2,(H,17,18). The maximum Gasteiger partial charge on any atom is 0.261 e. The summed E-state index contributed by atoms with van der Waals surface area (Å²) in [4.78, 5) is 14.0. The summed E-state index contributed by atoms with van der Waals surface area (Å²) in [6, 6.07) is 12.8. The van der Waals surface area contributed by atoms with Crippen LogP contribution in [0.15, 0.2) is 41.8 Å². The lowest BCUT2D eigenvalue weighted by Crippen LogP contribution is -2.24. The molecule has 3 aromatic rings. The van der Waals surface area contributed by atoms with E-state index in [4.69, 9.17) is 0 Å². The van der Waals surface area contributed by atoms with Crippen LogP contribution >= 0.6 is 22.7 Å². The molecule has 100 valence electrons.